The summed E-state index contributed by atoms with van der Waals surface area (Å²) in [6.07, 6.45) is -18.7. The molecule has 0 aromatic heterocycles. The Morgan fingerprint density at radius 3 is 1.86 bits per heavy atom. The third-order valence-electron chi connectivity index (χ3n) is 7.72. The predicted octanol–water partition coefficient (Wildman–Crippen LogP) is -4.40. The second-order valence-electron chi connectivity index (χ2n) is 10.4. The molecule has 3 aliphatic rings. The maximum atomic E-state index is 13.9. The van der Waals surface area contributed by atoms with Gasteiger partial charge in [-0.1, -0.05) is 18.2 Å². The predicted molar refractivity (Wildman–Crippen MR) is 139 cm³/mol. The number of aliphatic hydroxyl groups excluding tert-OH is 10. The van der Waals surface area contributed by atoms with Crippen molar-refractivity contribution in [1.29, 1.82) is 0 Å². The molecule has 0 amide bonds. The van der Waals surface area contributed by atoms with Crippen molar-refractivity contribution < 1.29 is 80.3 Å². The average molecular weight is 613 g/mol. The summed E-state index contributed by atoms with van der Waals surface area (Å²) in [5.74, 6) is -6.12. The molecule has 1 aromatic rings. The molecule has 2 heterocycles. The van der Waals surface area contributed by atoms with Crippen molar-refractivity contribution >= 4 is 17.6 Å². The van der Waals surface area contributed by atoms with Crippen molar-refractivity contribution in [3.63, 3.8) is 0 Å². The van der Waals surface area contributed by atoms with E-state index in [1.165, 1.54) is 30.3 Å². The van der Waals surface area contributed by atoms with Crippen LogP contribution in [0.4, 0.5) is 0 Å². The van der Waals surface area contributed by atoms with Gasteiger partial charge in [0.2, 0.25) is 17.2 Å². The fourth-order valence-electron chi connectivity index (χ4n) is 5.24. The molecule has 0 spiro atoms. The van der Waals surface area contributed by atoms with E-state index in [0.717, 1.165) is 6.08 Å². The molecule has 0 saturated carbocycles. The van der Waals surface area contributed by atoms with E-state index < -0.39 is 114 Å². The summed E-state index contributed by atoms with van der Waals surface area (Å²) in [7, 11) is 0. The Morgan fingerprint density at radius 2 is 1.30 bits per heavy atom. The van der Waals surface area contributed by atoms with Crippen LogP contribution in [-0.2, 0) is 19.1 Å². The van der Waals surface area contributed by atoms with Crippen LogP contribution in [-0.4, -0.2) is 153 Å². The van der Waals surface area contributed by atoms with Crippen LogP contribution in [0.2, 0.25) is 0 Å². The molecule has 2 aliphatic heterocycles. The van der Waals surface area contributed by atoms with Gasteiger partial charge in [0.25, 0.3) is 0 Å². The Balaban J connectivity index is 1.92. The first kappa shape index (κ1) is 32.6. The lowest BCUT2D eigenvalue weighted by Crippen LogP contribution is -2.72. The number of Topliss-reactive ketones (excluding diaryl/α,β-unsaturated/α-hetero) is 2. The van der Waals surface area contributed by atoms with Crippen LogP contribution in [0, 0.1) is 0 Å². The van der Waals surface area contributed by atoms with Gasteiger partial charge < -0.3 is 70.8 Å². The summed E-state index contributed by atoms with van der Waals surface area (Å²) in [6.45, 7) is -1.99. The number of carbonyl (C=O) groups excluding carboxylic acids is 2. The summed E-state index contributed by atoms with van der Waals surface area (Å²) in [5.41, 5.74) is -5.62. The van der Waals surface area contributed by atoms with Gasteiger partial charge in [0.15, 0.2) is 0 Å². The molecule has 0 bridgehead atoms. The van der Waals surface area contributed by atoms with Crippen molar-refractivity contribution in [2.45, 2.75) is 66.6 Å². The molecule has 4 rings (SSSR count). The minimum atomic E-state index is -3.63. The Hall–Kier alpha value is -3.26. The van der Waals surface area contributed by atoms with E-state index in [1.807, 2.05) is 0 Å². The van der Waals surface area contributed by atoms with Crippen molar-refractivity contribution in [2.24, 2.45) is 0 Å². The van der Waals surface area contributed by atoms with Crippen LogP contribution in [0.5, 0.6) is 5.75 Å². The third kappa shape index (κ3) is 5.47. The Kier molecular flexibility index (Phi) is 9.41. The SMILES string of the molecule is O=C1C([C@@H]2O[C@H](CO)[C@@H](O)[C@H](O)[C@H]2O)=C(O)/C(=C(O)/C=C/c2ccc(O)cc2)C(=O)[C@@]1(O)[C@@H]1O[C@H](CO)[C@@H](O)[C@H](O)[C@H]1O. The van der Waals surface area contributed by atoms with Gasteiger partial charge in [0, 0.05) is 0 Å². The van der Waals surface area contributed by atoms with Gasteiger partial charge in [-0.15, -0.1) is 0 Å². The van der Waals surface area contributed by atoms with Crippen LogP contribution in [0.15, 0.2) is 53.0 Å². The number of aromatic hydroxyl groups is 1. The monoisotopic (exact) mass is 612 g/mol. The maximum absolute atomic E-state index is 13.9. The molecule has 236 valence electrons. The number of carbonyl (C=O) groups is 2. The van der Waals surface area contributed by atoms with E-state index in [9.17, 15) is 70.9 Å². The molecule has 11 atom stereocenters. The number of ether oxygens (including phenoxy) is 2. The van der Waals surface area contributed by atoms with Crippen LogP contribution in [0.1, 0.15) is 5.56 Å². The topological polar surface area (TPSA) is 295 Å². The van der Waals surface area contributed by atoms with Crippen LogP contribution in [0.25, 0.3) is 6.08 Å². The summed E-state index contributed by atoms with van der Waals surface area (Å²) < 4.78 is 10.6. The van der Waals surface area contributed by atoms with Gasteiger partial charge in [0.1, 0.15) is 83.9 Å². The quantitative estimate of drug-likeness (QED) is 0.0820. The van der Waals surface area contributed by atoms with Gasteiger partial charge >= 0.3 is 0 Å². The van der Waals surface area contributed by atoms with Crippen LogP contribution < -0.4 is 0 Å². The molecule has 43 heavy (non-hydrogen) atoms. The first-order chi connectivity index (χ1) is 20.2. The fraction of sp³-hybridized carbons (Fsp3) is 0.481. The minimum Gasteiger partial charge on any atom is -0.508 e. The molecule has 1 aliphatic carbocycles. The molecule has 0 radical (unpaired) electrons. The number of phenols is 1. The number of rotatable bonds is 6. The summed E-state index contributed by atoms with van der Waals surface area (Å²) >= 11 is 0. The van der Waals surface area contributed by atoms with E-state index in [1.54, 1.807) is 0 Å². The standard InChI is InChI=1S/C27H32O16/c28-7-12-16(32)19(35)21(37)23(42-12)15-18(34)14(11(31)6-3-9-1-4-10(30)5-2-9)24(39)27(41,25(15)40)26-22(38)20(36)17(33)13(8-29)43-26/h1-6,12-13,16-17,19-23,26,28-38,41H,7-8H2/b6-3+,14-11+/t12-,13-,16-,17-,19+,20+,21-,22-,23+,26-,27+/m1/s1. The number of aliphatic hydroxyl groups is 11. The minimum absolute atomic E-state index is 0.0879. The number of allylic oxidation sites excluding steroid dienone is 2. The Morgan fingerprint density at radius 1 is 0.767 bits per heavy atom. The molecule has 2 saturated heterocycles. The van der Waals surface area contributed by atoms with Gasteiger partial charge in [0.05, 0.1) is 18.8 Å². The second kappa shape index (κ2) is 12.4. The lowest BCUT2D eigenvalue weighted by molar-refractivity contribution is -0.261. The molecule has 1 aromatic carbocycles. The Bertz CT molecular complexity index is 1320. The third-order valence-corrected chi connectivity index (χ3v) is 7.72. The number of ketones is 2. The number of hydrogen-bond donors (Lipinski definition) is 12. The molecule has 16 nitrogen and oxygen atoms in total. The second-order valence-corrected chi connectivity index (χ2v) is 10.4. The maximum Gasteiger partial charge on any atom is 0.219 e. The zero-order valence-corrected chi connectivity index (χ0v) is 22.2. The number of phenolic OH excluding ortho intramolecular Hbond substituents is 1. The van der Waals surface area contributed by atoms with Crippen molar-refractivity contribution in [3.8, 4) is 5.75 Å². The first-order valence-electron chi connectivity index (χ1n) is 13.0. The number of benzene rings is 1. The molecule has 0 unspecified atom stereocenters. The molecular formula is C27H32O16. The van der Waals surface area contributed by atoms with E-state index in [0.29, 0.717) is 5.56 Å². The highest BCUT2D eigenvalue weighted by molar-refractivity contribution is 6.28. The van der Waals surface area contributed by atoms with E-state index in [4.69, 9.17) is 9.47 Å². The first-order valence-corrected chi connectivity index (χ1v) is 13.0. The van der Waals surface area contributed by atoms with Gasteiger partial charge in [-0.05, 0) is 23.8 Å². The highest BCUT2D eigenvalue weighted by Gasteiger charge is 2.65. The largest absolute Gasteiger partial charge is 0.508 e. The summed E-state index contributed by atoms with van der Waals surface area (Å²) in [5, 5.41) is 125. The van der Waals surface area contributed by atoms with Crippen molar-refractivity contribution in [3.05, 3.63) is 58.6 Å². The van der Waals surface area contributed by atoms with Crippen LogP contribution >= 0.6 is 0 Å². The Labute approximate surface area is 242 Å². The summed E-state index contributed by atoms with van der Waals surface area (Å²) in [6, 6.07) is 5.38. The molecule has 2 fully saturated rings. The number of hydrogen-bond acceptors (Lipinski definition) is 16. The molecular weight excluding hydrogens is 580 g/mol. The van der Waals surface area contributed by atoms with Crippen molar-refractivity contribution in [1.82, 2.24) is 0 Å². The van der Waals surface area contributed by atoms with Gasteiger partial charge in [-0.3, -0.25) is 9.59 Å². The lowest BCUT2D eigenvalue weighted by atomic mass is 9.69. The normalized spacial score (nSPS) is 40.3. The lowest BCUT2D eigenvalue weighted by Gasteiger charge is -2.48. The van der Waals surface area contributed by atoms with E-state index >= 15 is 0 Å². The average Bonchev–Trinajstić information content (AvgIpc) is 2.98. The van der Waals surface area contributed by atoms with E-state index in [2.05, 4.69) is 0 Å². The smallest absolute Gasteiger partial charge is 0.219 e. The highest BCUT2D eigenvalue weighted by atomic mass is 16.6. The zero-order valence-electron chi connectivity index (χ0n) is 22.2. The molecule has 12 N–H and O–H groups in total. The van der Waals surface area contributed by atoms with Gasteiger partial charge in [-0.2, -0.15) is 0 Å². The van der Waals surface area contributed by atoms with Crippen molar-refractivity contribution in [2.75, 3.05) is 13.2 Å². The zero-order chi connectivity index (χ0) is 32.0. The molecule has 16 heteroatoms. The summed E-state index contributed by atoms with van der Waals surface area (Å²) in [4.78, 5) is 27.6. The van der Waals surface area contributed by atoms with E-state index in [-0.39, 0.29) is 5.75 Å². The van der Waals surface area contributed by atoms with Crippen LogP contribution in [0.3, 0.4) is 0 Å². The fourth-order valence-corrected chi connectivity index (χ4v) is 5.24. The highest BCUT2D eigenvalue weighted by Crippen LogP contribution is 2.42. The van der Waals surface area contributed by atoms with Gasteiger partial charge in [-0.25, -0.2) is 0 Å².